The number of carbonyl (C=O) groups excluding carboxylic acids is 2. The van der Waals surface area contributed by atoms with Crippen LogP contribution in [-0.4, -0.2) is 24.4 Å². The quantitative estimate of drug-likeness (QED) is 0.836. The summed E-state index contributed by atoms with van der Waals surface area (Å²) in [6.45, 7) is 4.23. The maximum absolute atomic E-state index is 11.8. The van der Waals surface area contributed by atoms with Crippen LogP contribution in [0.4, 0.5) is 0 Å². The first-order valence-electron chi connectivity index (χ1n) is 7.15. The lowest BCUT2D eigenvalue weighted by molar-refractivity contribution is -0.139. The van der Waals surface area contributed by atoms with Crippen LogP contribution in [0.2, 0.25) is 0 Å². The van der Waals surface area contributed by atoms with Gasteiger partial charge in [0.1, 0.15) is 0 Å². The minimum absolute atomic E-state index is 0.0216. The highest BCUT2D eigenvalue weighted by Gasteiger charge is 2.36. The van der Waals surface area contributed by atoms with Crippen molar-refractivity contribution in [2.75, 3.05) is 6.54 Å². The summed E-state index contributed by atoms with van der Waals surface area (Å²) in [5.41, 5.74) is 1.32. The molecule has 1 heterocycles. The Hall–Kier alpha value is -1.36. The van der Waals surface area contributed by atoms with E-state index in [0.717, 1.165) is 12.8 Å². The largest absolute Gasteiger partial charge is 0.347 e. The Morgan fingerprint density at radius 2 is 2.00 bits per heavy atom. The fourth-order valence-electron chi connectivity index (χ4n) is 2.84. The molecule has 2 rings (SSSR count). The highest BCUT2D eigenvalue weighted by atomic mass is 32.1. The Kier molecular flexibility index (Phi) is 4.81. The highest BCUT2D eigenvalue weighted by molar-refractivity contribution is 7.08. The topological polar surface area (TPSA) is 58.2 Å². The average molecular weight is 294 g/mol. The Morgan fingerprint density at radius 3 is 2.55 bits per heavy atom. The van der Waals surface area contributed by atoms with Crippen molar-refractivity contribution in [3.05, 3.63) is 22.4 Å². The van der Waals surface area contributed by atoms with Crippen LogP contribution >= 0.6 is 11.3 Å². The molecule has 2 N–H and O–H groups in total. The van der Waals surface area contributed by atoms with Crippen LogP contribution < -0.4 is 10.6 Å². The summed E-state index contributed by atoms with van der Waals surface area (Å²) >= 11 is 1.68. The number of rotatable bonds is 4. The van der Waals surface area contributed by atoms with E-state index in [1.54, 1.807) is 11.3 Å². The van der Waals surface area contributed by atoms with E-state index in [1.165, 1.54) is 18.4 Å². The molecule has 0 aromatic carbocycles. The smallest absolute Gasteiger partial charge is 0.309 e. The number of hydrogen-bond donors (Lipinski definition) is 2. The lowest BCUT2D eigenvalue weighted by Crippen LogP contribution is -2.46. The molecule has 0 aliphatic heterocycles. The van der Waals surface area contributed by atoms with Gasteiger partial charge in [0, 0.05) is 18.0 Å². The van der Waals surface area contributed by atoms with E-state index >= 15 is 0 Å². The first-order valence-corrected chi connectivity index (χ1v) is 8.09. The Bertz CT molecular complexity index is 462. The molecule has 1 aromatic heterocycles. The van der Waals surface area contributed by atoms with Crippen LogP contribution in [0.3, 0.4) is 0 Å². The van der Waals surface area contributed by atoms with Crippen molar-refractivity contribution in [2.24, 2.45) is 0 Å². The molecule has 0 spiro atoms. The van der Waals surface area contributed by atoms with Gasteiger partial charge in [-0.25, -0.2) is 0 Å². The summed E-state index contributed by atoms with van der Waals surface area (Å²) in [6.07, 6.45) is 4.53. The van der Waals surface area contributed by atoms with Crippen LogP contribution in [-0.2, 0) is 15.0 Å². The summed E-state index contributed by atoms with van der Waals surface area (Å²) in [5, 5.41) is 9.66. The predicted octanol–water partition coefficient (Wildman–Crippen LogP) is 2.20. The van der Waals surface area contributed by atoms with E-state index < -0.39 is 11.8 Å². The van der Waals surface area contributed by atoms with Gasteiger partial charge in [0.2, 0.25) is 0 Å². The molecule has 1 aliphatic rings. The molecule has 0 radical (unpaired) electrons. The molecular formula is C15H22N2O2S. The maximum atomic E-state index is 11.8. The van der Waals surface area contributed by atoms with Crippen molar-refractivity contribution in [2.45, 2.75) is 51.0 Å². The predicted molar refractivity (Wildman–Crippen MR) is 80.8 cm³/mol. The number of thiophene rings is 1. The minimum atomic E-state index is -0.543. The summed E-state index contributed by atoms with van der Waals surface area (Å²) in [4.78, 5) is 23.5. The summed E-state index contributed by atoms with van der Waals surface area (Å²) in [6, 6.07) is 2.11. The zero-order valence-electron chi connectivity index (χ0n) is 12.1. The van der Waals surface area contributed by atoms with Crippen molar-refractivity contribution >= 4 is 23.2 Å². The second-order valence-electron chi connectivity index (χ2n) is 5.81. The van der Waals surface area contributed by atoms with Gasteiger partial charge in [0.05, 0.1) is 0 Å². The van der Waals surface area contributed by atoms with E-state index in [9.17, 15) is 9.59 Å². The normalized spacial score (nSPS) is 17.1. The fraction of sp³-hybridized carbons (Fsp3) is 0.600. The van der Waals surface area contributed by atoms with Crippen molar-refractivity contribution < 1.29 is 9.59 Å². The third-order valence-electron chi connectivity index (χ3n) is 3.91. The van der Waals surface area contributed by atoms with Crippen LogP contribution in [0.5, 0.6) is 0 Å². The summed E-state index contributed by atoms with van der Waals surface area (Å²) in [7, 11) is 0. The lowest BCUT2D eigenvalue weighted by atomic mass is 9.80. The number of carbonyl (C=O) groups is 2. The van der Waals surface area contributed by atoms with Crippen LogP contribution in [0.15, 0.2) is 16.8 Å². The highest BCUT2D eigenvalue weighted by Crippen LogP contribution is 2.41. The maximum Gasteiger partial charge on any atom is 0.309 e. The SMILES string of the molecule is CC(C)NC(=O)C(=O)NCC1(c2ccsc2)CCCC1. The van der Waals surface area contributed by atoms with Gasteiger partial charge in [-0.05, 0) is 49.1 Å². The second kappa shape index (κ2) is 6.39. The monoisotopic (exact) mass is 294 g/mol. The van der Waals surface area contributed by atoms with Gasteiger partial charge >= 0.3 is 11.8 Å². The molecular weight excluding hydrogens is 272 g/mol. The molecule has 110 valence electrons. The third kappa shape index (κ3) is 3.39. The third-order valence-corrected chi connectivity index (χ3v) is 4.59. The Labute approximate surface area is 124 Å². The number of nitrogens with one attached hydrogen (secondary N) is 2. The number of amides is 2. The molecule has 1 aromatic rings. The average Bonchev–Trinajstić information content (AvgIpc) is 3.06. The number of hydrogen-bond acceptors (Lipinski definition) is 3. The van der Waals surface area contributed by atoms with Crippen LogP contribution in [0.25, 0.3) is 0 Å². The molecule has 20 heavy (non-hydrogen) atoms. The zero-order chi connectivity index (χ0) is 14.6. The lowest BCUT2D eigenvalue weighted by Gasteiger charge is -2.28. The van der Waals surface area contributed by atoms with E-state index in [-0.39, 0.29) is 11.5 Å². The molecule has 1 fully saturated rings. The fourth-order valence-corrected chi connectivity index (χ4v) is 3.62. The van der Waals surface area contributed by atoms with E-state index in [4.69, 9.17) is 0 Å². The van der Waals surface area contributed by atoms with E-state index in [2.05, 4.69) is 27.5 Å². The van der Waals surface area contributed by atoms with Gasteiger partial charge in [0.15, 0.2) is 0 Å². The molecule has 0 bridgehead atoms. The molecule has 0 saturated heterocycles. The summed E-state index contributed by atoms with van der Waals surface area (Å²) in [5.74, 6) is -1.07. The van der Waals surface area contributed by atoms with Gasteiger partial charge in [-0.2, -0.15) is 11.3 Å². The van der Waals surface area contributed by atoms with Gasteiger partial charge in [-0.15, -0.1) is 0 Å². The Balaban J connectivity index is 1.97. The van der Waals surface area contributed by atoms with Crippen molar-refractivity contribution in [1.29, 1.82) is 0 Å². The second-order valence-corrected chi connectivity index (χ2v) is 6.59. The van der Waals surface area contributed by atoms with Crippen molar-refractivity contribution in [3.63, 3.8) is 0 Å². The van der Waals surface area contributed by atoms with Crippen LogP contribution in [0.1, 0.15) is 45.1 Å². The van der Waals surface area contributed by atoms with Gasteiger partial charge in [-0.3, -0.25) is 9.59 Å². The molecule has 2 amide bonds. The zero-order valence-corrected chi connectivity index (χ0v) is 12.9. The summed E-state index contributed by atoms with van der Waals surface area (Å²) < 4.78 is 0. The molecule has 0 unspecified atom stereocenters. The van der Waals surface area contributed by atoms with Gasteiger partial charge in [-0.1, -0.05) is 12.8 Å². The minimum Gasteiger partial charge on any atom is -0.347 e. The van der Waals surface area contributed by atoms with Crippen LogP contribution in [0, 0.1) is 0 Å². The first-order chi connectivity index (χ1) is 9.53. The van der Waals surface area contributed by atoms with Gasteiger partial charge < -0.3 is 10.6 Å². The molecule has 4 nitrogen and oxygen atoms in total. The van der Waals surface area contributed by atoms with Crippen molar-refractivity contribution in [3.8, 4) is 0 Å². The molecule has 5 heteroatoms. The first kappa shape index (κ1) is 15.0. The Morgan fingerprint density at radius 1 is 1.30 bits per heavy atom. The molecule has 1 aliphatic carbocycles. The van der Waals surface area contributed by atoms with Crippen molar-refractivity contribution in [1.82, 2.24) is 10.6 Å². The van der Waals surface area contributed by atoms with Gasteiger partial charge in [0.25, 0.3) is 0 Å². The molecule has 1 saturated carbocycles. The van der Waals surface area contributed by atoms with E-state index in [1.807, 2.05) is 13.8 Å². The molecule has 0 atom stereocenters. The van der Waals surface area contributed by atoms with E-state index in [0.29, 0.717) is 6.54 Å². The standard InChI is InChI=1S/C15H22N2O2S/c1-11(2)17-14(19)13(18)16-10-15(6-3-4-7-15)12-5-8-20-9-12/h5,8-9,11H,3-4,6-7,10H2,1-2H3,(H,16,18)(H,17,19).